The zero-order chi connectivity index (χ0) is 13.0. The number of rotatable bonds is 6. The van der Waals surface area contributed by atoms with Crippen molar-refractivity contribution < 1.29 is 4.79 Å². The van der Waals surface area contributed by atoms with Crippen LogP contribution in [0.1, 0.15) is 36.5 Å². The smallest absolute Gasteiger partial charge is 0.156 e. The minimum absolute atomic E-state index is 0.476. The maximum atomic E-state index is 11.2. The van der Waals surface area contributed by atoms with Crippen LogP contribution in [-0.2, 0) is 6.54 Å². The van der Waals surface area contributed by atoms with Gasteiger partial charge in [-0.2, -0.15) is 5.10 Å². The molecule has 0 unspecified atom stereocenters. The topological polar surface area (TPSA) is 60.9 Å². The van der Waals surface area contributed by atoms with Gasteiger partial charge in [-0.1, -0.05) is 25.8 Å². The van der Waals surface area contributed by atoms with Gasteiger partial charge in [0.2, 0.25) is 0 Å². The molecule has 4 nitrogen and oxygen atoms in total. The van der Waals surface area contributed by atoms with Crippen LogP contribution in [0.15, 0.2) is 17.5 Å². The number of unbranched alkanes of at least 4 members (excludes halogenated alkanes) is 2. The van der Waals surface area contributed by atoms with E-state index in [2.05, 4.69) is 12.0 Å². The Kier molecular flexibility index (Phi) is 4.15. The number of carbonyl (C=O) groups is 1. The third-order valence-electron chi connectivity index (χ3n) is 2.88. The molecule has 0 amide bonds. The maximum absolute atomic E-state index is 11.2. The van der Waals surface area contributed by atoms with Crippen LogP contribution in [0.25, 0.3) is 10.6 Å². The summed E-state index contributed by atoms with van der Waals surface area (Å²) < 4.78 is 1.74. The van der Waals surface area contributed by atoms with E-state index in [-0.39, 0.29) is 0 Å². The van der Waals surface area contributed by atoms with E-state index >= 15 is 0 Å². The Labute approximate surface area is 110 Å². The first kappa shape index (κ1) is 12.8. The van der Waals surface area contributed by atoms with E-state index in [1.165, 1.54) is 0 Å². The maximum Gasteiger partial charge on any atom is 0.156 e. The van der Waals surface area contributed by atoms with Crippen molar-refractivity contribution in [2.75, 3.05) is 5.73 Å². The quantitative estimate of drug-likeness (QED) is 0.643. The van der Waals surface area contributed by atoms with Crippen molar-refractivity contribution in [3.8, 4) is 10.6 Å². The molecule has 2 rings (SSSR count). The molecule has 0 spiro atoms. The summed E-state index contributed by atoms with van der Waals surface area (Å²) in [5.74, 6) is 0.476. The molecular formula is C13H17N3OS. The second-order valence-electron chi connectivity index (χ2n) is 4.17. The molecule has 0 saturated carbocycles. The molecule has 5 heteroatoms. The minimum Gasteiger partial charge on any atom is -0.383 e. The van der Waals surface area contributed by atoms with Gasteiger partial charge >= 0.3 is 0 Å². The van der Waals surface area contributed by atoms with E-state index in [4.69, 9.17) is 5.73 Å². The summed E-state index contributed by atoms with van der Waals surface area (Å²) in [6, 6.07) is 3.90. The van der Waals surface area contributed by atoms with Crippen molar-refractivity contribution in [1.29, 1.82) is 0 Å². The van der Waals surface area contributed by atoms with Gasteiger partial charge in [-0.05, 0) is 17.9 Å². The largest absolute Gasteiger partial charge is 0.383 e. The van der Waals surface area contributed by atoms with Crippen LogP contribution in [0, 0.1) is 0 Å². The second-order valence-corrected chi connectivity index (χ2v) is 5.12. The summed E-state index contributed by atoms with van der Waals surface area (Å²) in [4.78, 5) is 12.1. The average Bonchev–Trinajstić information content (AvgIpc) is 2.98. The number of aldehydes is 1. The first-order valence-corrected chi connectivity index (χ1v) is 7.01. The highest BCUT2D eigenvalue weighted by molar-refractivity contribution is 7.13. The monoisotopic (exact) mass is 263 g/mol. The number of hydrogen-bond acceptors (Lipinski definition) is 4. The fraction of sp³-hybridized carbons (Fsp3) is 0.385. The van der Waals surface area contributed by atoms with Crippen molar-refractivity contribution in [2.45, 2.75) is 32.7 Å². The molecule has 96 valence electrons. The molecular weight excluding hydrogens is 246 g/mol. The van der Waals surface area contributed by atoms with Crippen LogP contribution in [0.2, 0.25) is 0 Å². The van der Waals surface area contributed by atoms with Crippen molar-refractivity contribution in [3.63, 3.8) is 0 Å². The highest BCUT2D eigenvalue weighted by Gasteiger charge is 2.16. The third kappa shape index (κ3) is 2.46. The number of anilines is 1. The lowest BCUT2D eigenvalue weighted by molar-refractivity contribution is 0.112. The highest BCUT2D eigenvalue weighted by Crippen LogP contribution is 2.29. The van der Waals surface area contributed by atoms with Gasteiger partial charge in [0.25, 0.3) is 0 Å². The Morgan fingerprint density at radius 3 is 2.94 bits per heavy atom. The molecule has 18 heavy (non-hydrogen) atoms. The highest BCUT2D eigenvalue weighted by atomic mass is 32.1. The first-order valence-electron chi connectivity index (χ1n) is 6.13. The van der Waals surface area contributed by atoms with E-state index in [1.807, 2.05) is 17.5 Å². The van der Waals surface area contributed by atoms with Crippen LogP contribution in [-0.4, -0.2) is 16.1 Å². The molecule has 0 bridgehead atoms. The molecule has 0 radical (unpaired) electrons. The van der Waals surface area contributed by atoms with Crippen molar-refractivity contribution in [2.24, 2.45) is 0 Å². The molecule has 2 aromatic heterocycles. The van der Waals surface area contributed by atoms with Gasteiger partial charge in [-0.15, -0.1) is 11.3 Å². The zero-order valence-electron chi connectivity index (χ0n) is 10.4. The molecule has 0 saturated heterocycles. The van der Waals surface area contributed by atoms with Gasteiger partial charge < -0.3 is 5.73 Å². The normalized spacial score (nSPS) is 10.7. The zero-order valence-corrected chi connectivity index (χ0v) is 11.2. The standard InChI is InChI=1S/C13H17N3OS/c1-2-3-4-7-16-13(14)10(9-17)12(15-16)11-6-5-8-18-11/h5-6,8-9H,2-4,7,14H2,1H3. The fourth-order valence-electron chi connectivity index (χ4n) is 1.88. The van der Waals surface area contributed by atoms with Crippen LogP contribution in [0.3, 0.4) is 0 Å². The summed E-state index contributed by atoms with van der Waals surface area (Å²) >= 11 is 1.57. The Bertz CT molecular complexity index is 517. The summed E-state index contributed by atoms with van der Waals surface area (Å²) in [6.45, 7) is 2.92. The molecule has 0 aliphatic heterocycles. The Hall–Kier alpha value is -1.62. The molecule has 0 fully saturated rings. The van der Waals surface area contributed by atoms with Gasteiger partial charge in [-0.25, -0.2) is 4.68 Å². The van der Waals surface area contributed by atoms with Gasteiger partial charge in [0.1, 0.15) is 11.5 Å². The lowest BCUT2D eigenvalue weighted by Crippen LogP contribution is -2.05. The Balaban J connectivity index is 2.30. The number of aryl methyl sites for hydroxylation is 1. The predicted molar refractivity (Wildman–Crippen MR) is 74.9 cm³/mol. The van der Waals surface area contributed by atoms with E-state index < -0.39 is 0 Å². The molecule has 0 aliphatic rings. The van der Waals surface area contributed by atoms with Gasteiger partial charge in [0, 0.05) is 6.54 Å². The van der Waals surface area contributed by atoms with Crippen molar-refractivity contribution in [3.05, 3.63) is 23.1 Å². The predicted octanol–water partition coefficient (Wildman–Crippen LogP) is 3.20. The number of nitrogen functional groups attached to an aromatic ring is 1. The number of nitrogens with two attached hydrogens (primary N) is 1. The van der Waals surface area contributed by atoms with Crippen LogP contribution in [0.4, 0.5) is 5.82 Å². The van der Waals surface area contributed by atoms with Gasteiger partial charge in [0.05, 0.1) is 10.4 Å². The lowest BCUT2D eigenvalue weighted by Gasteiger charge is -2.02. The molecule has 2 N–H and O–H groups in total. The van der Waals surface area contributed by atoms with Gasteiger partial charge in [-0.3, -0.25) is 4.79 Å². The lowest BCUT2D eigenvalue weighted by atomic mass is 10.2. The number of nitrogens with zero attached hydrogens (tertiary/aromatic N) is 2. The van der Waals surface area contributed by atoms with Crippen molar-refractivity contribution in [1.82, 2.24) is 9.78 Å². The van der Waals surface area contributed by atoms with E-state index in [0.717, 1.165) is 37.0 Å². The summed E-state index contributed by atoms with van der Waals surface area (Å²) in [7, 11) is 0. The van der Waals surface area contributed by atoms with E-state index in [0.29, 0.717) is 17.1 Å². The summed E-state index contributed by atoms with van der Waals surface area (Å²) in [5.41, 5.74) is 7.19. The number of hydrogen-bond donors (Lipinski definition) is 1. The molecule has 2 aromatic rings. The van der Waals surface area contributed by atoms with E-state index in [9.17, 15) is 4.79 Å². The van der Waals surface area contributed by atoms with Crippen LogP contribution >= 0.6 is 11.3 Å². The SMILES string of the molecule is CCCCCn1nc(-c2cccs2)c(C=O)c1N. The Morgan fingerprint density at radius 1 is 1.50 bits per heavy atom. The third-order valence-corrected chi connectivity index (χ3v) is 3.75. The summed E-state index contributed by atoms with van der Waals surface area (Å²) in [6.07, 6.45) is 4.13. The number of aromatic nitrogens is 2. The Morgan fingerprint density at radius 2 is 2.33 bits per heavy atom. The minimum atomic E-state index is 0.476. The van der Waals surface area contributed by atoms with Crippen LogP contribution in [0.5, 0.6) is 0 Å². The fourth-order valence-corrected chi connectivity index (χ4v) is 2.61. The summed E-state index contributed by atoms with van der Waals surface area (Å²) in [5, 5.41) is 6.43. The van der Waals surface area contributed by atoms with E-state index in [1.54, 1.807) is 16.0 Å². The van der Waals surface area contributed by atoms with Gasteiger partial charge in [0.15, 0.2) is 6.29 Å². The molecule has 0 aromatic carbocycles. The van der Waals surface area contributed by atoms with Crippen molar-refractivity contribution >= 4 is 23.4 Å². The number of carbonyl (C=O) groups excluding carboxylic acids is 1. The second kappa shape index (κ2) is 5.82. The van der Waals surface area contributed by atoms with Crippen LogP contribution < -0.4 is 5.73 Å². The molecule has 0 atom stereocenters. The number of thiophene rings is 1. The molecule has 2 heterocycles. The average molecular weight is 263 g/mol. The molecule has 0 aliphatic carbocycles. The first-order chi connectivity index (χ1) is 8.77.